The average molecular weight is 375 g/mol. The Bertz CT molecular complexity index is 435. The Hall–Kier alpha value is -0.820. The van der Waals surface area contributed by atoms with Crippen molar-refractivity contribution < 1.29 is 14.3 Å². The van der Waals surface area contributed by atoms with E-state index in [1.54, 1.807) is 0 Å². The molecule has 5 heteroatoms. The van der Waals surface area contributed by atoms with Crippen molar-refractivity contribution in [2.75, 3.05) is 19.8 Å². The molecule has 1 saturated heterocycles. The first-order valence-electron chi connectivity index (χ1n) is 6.35. The molecular weight excluding hydrogens is 357 g/mol. The van der Waals surface area contributed by atoms with Gasteiger partial charge in [0, 0.05) is 10.1 Å². The van der Waals surface area contributed by atoms with Crippen molar-refractivity contribution in [3.8, 4) is 5.75 Å². The third kappa shape index (κ3) is 4.07. The van der Waals surface area contributed by atoms with Crippen LogP contribution < -0.4 is 4.74 Å². The van der Waals surface area contributed by atoms with Crippen LogP contribution in [0.5, 0.6) is 5.75 Å². The summed E-state index contributed by atoms with van der Waals surface area (Å²) in [6.07, 6.45) is 0.0958. The quantitative estimate of drug-likeness (QED) is 0.762. The Morgan fingerprint density at radius 1 is 1.42 bits per heavy atom. The molecule has 1 heterocycles. The molecule has 0 spiro atoms. The van der Waals surface area contributed by atoms with E-state index >= 15 is 0 Å². The van der Waals surface area contributed by atoms with E-state index in [1.165, 1.54) is 0 Å². The number of benzene rings is 1. The highest BCUT2D eigenvalue weighted by Gasteiger charge is 2.27. The van der Waals surface area contributed by atoms with Gasteiger partial charge in [0.05, 0.1) is 18.8 Å². The molecule has 0 N–H and O–H groups in total. The van der Waals surface area contributed by atoms with Gasteiger partial charge >= 0.3 is 0 Å². The number of ether oxygens (including phenoxy) is 2. The van der Waals surface area contributed by atoms with Crippen LogP contribution >= 0.6 is 22.6 Å². The summed E-state index contributed by atoms with van der Waals surface area (Å²) in [7, 11) is 0. The van der Waals surface area contributed by atoms with Crippen LogP contribution in [0.4, 0.5) is 0 Å². The maximum absolute atomic E-state index is 12.1. The van der Waals surface area contributed by atoms with Crippen molar-refractivity contribution in [2.24, 2.45) is 0 Å². The minimum atomic E-state index is 0.0150. The van der Waals surface area contributed by atoms with Gasteiger partial charge in [-0.15, -0.1) is 0 Å². The fraction of sp³-hybridized carbons (Fsp3) is 0.500. The summed E-state index contributed by atoms with van der Waals surface area (Å²) >= 11 is 2.23. The molecule has 0 bridgehead atoms. The topological polar surface area (TPSA) is 38.8 Å². The molecule has 0 aromatic heterocycles. The first-order valence-corrected chi connectivity index (χ1v) is 7.43. The third-order valence-electron chi connectivity index (χ3n) is 3.10. The molecule has 0 saturated carbocycles. The Morgan fingerprint density at radius 3 is 2.79 bits per heavy atom. The smallest absolute Gasteiger partial charge is 0.260 e. The number of carbonyl (C=O) groups excluding carboxylic acids is 1. The summed E-state index contributed by atoms with van der Waals surface area (Å²) in [4.78, 5) is 14.0. The second-order valence-corrected chi connectivity index (χ2v) is 6.03. The summed E-state index contributed by atoms with van der Waals surface area (Å²) in [6, 6.07) is 7.78. The van der Waals surface area contributed by atoms with Gasteiger partial charge in [0.25, 0.3) is 5.91 Å². The molecular formula is C14H18INO3. The van der Waals surface area contributed by atoms with Gasteiger partial charge in [-0.2, -0.15) is 0 Å². The average Bonchev–Trinajstić information content (AvgIpc) is 2.40. The van der Waals surface area contributed by atoms with Gasteiger partial charge in [-0.3, -0.25) is 4.79 Å². The summed E-state index contributed by atoms with van der Waals surface area (Å²) in [5.41, 5.74) is 0. The van der Waals surface area contributed by atoms with Gasteiger partial charge in [-0.25, -0.2) is 0 Å². The third-order valence-corrected chi connectivity index (χ3v) is 3.82. The van der Waals surface area contributed by atoms with Crippen molar-refractivity contribution in [3.63, 3.8) is 0 Å². The van der Waals surface area contributed by atoms with Gasteiger partial charge in [-0.1, -0.05) is 0 Å². The monoisotopic (exact) mass is 375 g/mol. The Balaban J connectivity index is 1.88. The van der Waals surface area contributed by atoms with Crippen LogP contribution in [-0.4, -0.2) is 42.7 Å². The molecule has 2 atom stereocenters. The molecule has 0 radical (unpaired) electrons. The van der Waals surface area contributed by atoms with Crippen molar-refractivity contribution >= 4 is 28.5 Å². The van der Waals surface area contributed by atoms with Crippen LogP contribution in [0.2, 0.25) is 0 Å². The lowest BCUT2D eigenvalue weighted by Crippen LogP contribution is -2.51. The Labute approximate surface area is 127 Å². The zero-order valence-electron chi connectivity index (χ0n) is 11.1. The van der Waals surface area contributed by atoms with Gasteiger partial charge in [-0.05, 0) is 60.7 Å². The highest BCUT2D eigenvalue weighted by atomic mass is 127. The molecule has 1 aliphatic heterocycles. The van der Waals surface area contributed by atoms with Gasteiger partial charge in [0.15, 0.2) is 6.61 Å². The number of halogens is 1. The predicted molar refractivity (Wildman–Crippen MR) is 81.2 cm³/mol. The van der Waals surface area contributed by atoms with Crippen molar-refractivity contribution in [2.45, 2.75) is 26.0 Å². The summed E-state index contributed by atoms with van der Waals surface area (Å²) in [6.45, 7) is 5.28. The molecule has 1 amide bonds. The standard InChI is InChI=1S/C14H18INO3/c1-10-8-18-11(2)7-16(10)14(17)9-19-13-5-3-12(15)4-6-13/h3-6,10-11H,7-9H2,1-2H3. The van der Waals surface area contributed by atoms with E-state index in [2.05, 4.69) is 22.6 Å². The number of nitrogens with zero attached hydrogens (tertiary/aromatic N) is 1. The number of amides is 1. The van der Waals surface area contributed by atoms with Crippen molar-refractivity contribution in [3.05, 3.63) is 27.8 Å². The number of hydrogen-bond donors (Lipinski definition) is 0. The van der Waals surface area contributed by atoms with E-state index in [1.807, 2.05) is 43.0 Å². The van der Waals surface area contributed by atoms with Gasteiger partial charge < -0.3 is 14.4 Å². The number of hydrogen-bond acceptors (Lipinski definition) is 3. The molecule has 2 unspecified atom stereocenters. The van der Waals surface area contributed by atoms with Gasteiger partial charge in [0.1, 0.15) is 5.75 Å². The summed E-state index contributed by atoms with van der Waals surface area (Å²) in [5.74, 6) is 0.740. The minimum absolute atomic E-state index is 0.0150. The SMILES string of the molecule is CC1CN(C(=O)COc2ccc(I)cc2)C(C)CO1. The largest absolute Gasteiger partial charge is 0.484 e. The number of rotatable bonds is 3. The van der Waals surface area contributed by atoms with Crippen LogP contribution in [0.1, 0.15) is 13.8 Å². The Kier molecular flexibility index (Phi) is 5.04. The molecule has 0 aliphatic carbocycles. The van der Waals surface area contributed by atoms with E-state index in [9.17, 15) is 4.79 Å². The van der Waals surface area contributed by atoms with E-state index in [0.717, 1.165) is 9.32 Å². The van der Waals surface area contributed by atoms with Crippen LogP contribution in [-0.2, 0) is 9.53 Å². The fourth-order valence-electron chi connectivity index (χ4n) is 2.01. The van der Waals surface area contributed by atoms with Crippen LogP contribution in [0.25, 0.3) is 0 Å². The molecule has 4 nitrogen and oxygen atoms in total. The molecule has 2 rings (SSSR count). The predicted octanol–water partition coefficient (Wildman–Crippen LogP) is 2.31. The molecule has 19 heavy (non-hydrogen) atoms. The maximum atomic E-state index is 12.1. The molecule has 1 aromatic carbocycles. The zero-order chi connectivity index (χ0) is 13.8. The van der Waals surface area contributed by atoms with E-state index < -0.39 is 0 Å². The summed E-state index contributed by atoms with van der Waals surface area (Å²) in [5, 5.41) is 0. The zero-order valence-corrected chi connectivity index (χ0v) is 13.3. The second kappa shape index (κ2) is 6.56. The number of carbonyl (C=O) groups is 1. The lowest BCUT2D eigenvalue weighted by molar-refractivity contribution is -0.145. The molecule has 104 valence electrons. The lowest BCUT2D eigenvalue weighted by atomic mass is 10.2. The Morgan fingerprint density at radius 2 is 2.11 bits per heavy atom. The van der Waals surface area contributed by atoms with E-state index in [-0.39, 0.29) is 24.7 Å². The van der Waals surface area contributed by atoms with E-state index in [4.69, 9.17) is 9.47 Å². The van der Waals surface area contributed by atoms with Crippen LogP contribution in [0.15, 0.2) is 24.3 Å². The fourth-order valence-corrected chi connectivity index (χ4v) is 2.37. The summed E-state index contributed by atoms with van der Waals surface area (Å²) < 4.78 is 12.2. The number of morpholine rings is 1. The van der Waals surface area contributed by atoms with Crippen LogP contribution in [0, 0.1) is 3.57 Å². The lowest BCUT2D eigenvalue weighted by Gasteiger charge is -2.36. The normalized spacial score (nSPS) is 23.2. The first kappa shape index (κ1) is 14.6. The minimum Gasteiger partial charge on any atom is -0.484 e. The van der Waals surface area contributed by atoms with Gasteiger partial charge in [0.2, 0.25) is 0 Å². The van der Waals surface area contributed by atoms with Crippen molar-refractivity contribution in [1.29, 1.82) is 0 Å². The van der Waals surface area contributed by atoms with Crippen molar-refractivity contribution in [1.82, 2.24) is 4.90 Å². The molecule has 1 aliphatic rings. The second-order valence-electron chi connectivity index (χ2n) is 4.78. The molecule has 1 fully saturated rings. The highest BCUT2D eigenvalue weighted by Crippen LogP contribution is 2.15. The maximum Gasteiger partial charge on any atom is 0.260 e. The highest BCUT2D eigenvalue weighted by molar-refractivity contribution is 14.1. The first-order chi connectivity index (χ1) is 9.06. The van der Waals surface area contributed by atoms with E-state index in [0.29, 0.717) is 13.2 Å². The molecule has 1 aromatic rings. The van der Waals surface area contributed by atoms with Crippen LogP contribution in [0.3, 0.4) is 0 Å².